The zero-order valence-corrected chi connectivity index (χ0v) is 16.6. The number of carbonyl (C=O) groups excluding carboxylic acids is 1. The standard InChI is InChI=1S/C24H17BrN2O/c25-18-10-11-23-20(13-18)17(15-27(23)14-16-6-2-1-3-7-16)12-21-19-8-4-5-9-22(19)26-24(21)28/h1-13,15H,14H2,(H,26,28)/b21-12-. The largest absolute Gasteiger partial charge is 0.342 e. The first-order chi connectivity index (χ1) is 13.7. The summed E-state index contributed by atoms with van der Waals surface area (Å²) in [5.41, 5.74) is 5.94. The minimum Gasteiger partial charge on any atom is -0.342 e. The molecule has 0 fully saturated rings. The zero-order chi connectivity index (χ0) is 19.1. The molecule has 0 spiro atoms. The zero-order valence-electron chi connectivity index (χ0n) is 15.0. The van der Waals surface area contributed by atoms with Crippen LogP contribution >= 0.6 is 15.9 Å². The van der Waals surface area contributed by atoms with E-state index in [1.807, 2.05) is 36.4 Å². The van der Waals surface area contributed by atoms with Crippen LogP contribution in [0.1, 0.15) is 16.7 Å². The number of halogens is 1. The van der Waals surface area contributed by atoms with Gasteiger partial charge in [0, 0.05) is 50.5 Å². The number of nitrogens with zero attached hydrogens (tertiary/aromatic N) is 1. The molecule has 1 aliphatic heterocycles. The Kier molecular flexibility index (Phi) is 4.14. The van der Waals surface area contributed by atoms with Gasteiger partial charge in [-0.15, -0.1) is 0 Å². The fraction of sp³-hybridized carbons (Fsp3) is 0.0417. The van der Waals surface area contributed by atoms with Crippen LogP contribution in [-0.2, 0) is 11.3 Å². The van der Waals surface area contributed by atoms with Gasteiger partial charge in [0.25, 0.3) is 5.91 Å². The van der Waals surface area contributed by atoms with Crippen LogP contribution in [-0.4, -0.2) is 10.5 Å². The van der Waals surface area contributed by atoms with Crippen molar-refractivity contribution < 1.29 is 4.79 Å². The summed E-state index contributed by atoms with van der Waals surface area (Å²) in [4.78, 5) is 12.5. The lowest BCUT2D eigenvalue weighted by Gasteiger charge is -2.05. The van der Waals surface area contributed by atoms with Gasteiger partial charge >= 0.3 is 0 Å². The van der Waals surface area contributed by atoms with Gasteiger partial charge in [-0.3, -0.25) is 4.79 Å². The molecule has 1 N–H and O–H groups in total. The van der Waals surface area contributed by atoms with Gasteiger partial charge in [-0.2, -0.15) is 0 Å². The second kappa shape index (κ2) is 6.80. The Balaban J connectivity index is 1.66. The van der Waals surface area contributed by atoms with E-state index >= 15 is 0 Å². The smallest absolute Gasteiger partial charge is 0.256 e. The molecular formula is C24H17BrN2O. The third kappa shape index (κ3) is 2.96. The molecule has 3 nitrogen and oxygen atoms in total. The molecule has 4 aromatic rings. The highest BCUT2D eigenvalue weighted by Crippen LogP contribution is 2.35. The number of fused-ring (bicyclic) bond motifs is 2. The van der Waals surface area contributed by atoms with Crippen molar-refractivity contribution in [2.45, 2.75) is 6.54 Å². The molecule has 28 heavy (non-hydrogen) atoms. The molecule has 3 aromatic carbocycles. The van der Waals surface area contributed by atoms with Crippen LogP contribution in [0.3, 0.4) is 0 Å². The fourth-order valence-electron chi connectivity index (χ4n) is 3.76. The number of nitrogens with one attached hydrogen (secondary N) is 1. The quantitative estimate of drug-likeness (QED) is 0.402. The predicted octanol–water partition coefficient (Wildman–Crippen LogP) is 5.94. The average Bonchev–Trinajstić information content (AvgIpc) is 3.20. The Morgan fingerprint density at radius 1 is 0.964 bits per heavy atom. The Bertz CT molecular complexity index is 1240. The van der Waals surface area contributed by atoms with Crippen molar-refractivity contribution in [2.24, 2.45) is 0 Å². The molecule has 0 bridgehead atoms. The summed E-state index contributed by atoms with van der Waals surface area (Å²) in [5.74, 6) is -0.0554. The molecule has 2 heterocycles. The summed E-state index contributed by atoms with van der Waals surface area (Å²) in [6.45, 7) is 0.783. The highest BCUT2D eigenvalue weighted by Gasteiger charge is 2.24. The lowest BCUT2D eigenvalue weighted by molar-refractivity contribution is -0.110. The summed E-state index contributed by atoms with van der Waals surface area (Å²) in [7, 11) is 0. The number of rotatable bonds is 3. The molecule has 0 aliphatic carbocycles. The molecule has 0 atom stereocenters. The van der Waals surface area contributed by atoms with Crippen molar-refractivity contribution in [2.75, 3.05) is 5.32 Å². The van der Waals surface area contributed by atoms with Crippen LogP contribution in [0.4, 0.5) is 5.69 Å². The number of benzene rings is 3. The molecule has 0 radical (unpaired) electrons. The van der Waals surface area contributed by atoms with Gasteiger partial charge in [-0.05, 0) is 35.9 Å². The van der Waals surface area contributed by atoms with E-state index in [2.05, 4.69) is 74.5 Å². The molecule has 1 aromatic heterocycles. The molecule has 0 unspecified atom stereocenters. The molecule has 0 saturated heterocycles. The van der Waals surface area contributed by atoms with Crippen molar-refractivity contribution in [1.82, 2.24) is 4.57 Å². The molecule has 136 valence electrons. The maximum absolute atomic E-state index is 12.5. The Labute approximate surface area is 171 Å². The maximum atomic E-state index is 12.5. The highest BCUT2D eigenvalue weighted by molar-refractivity contribution is 9.10. The van der Waals surface area contributed by atoms with Crippen LogP contribution in [0.5, 0.6) is 0 Å². The van der Waals surface area contributed by atoms with Crippen LogP contribution < -0.4 is 5.32 Å². The number of aromatic nitrogens is 1. The average molecular weight is 429 g/mol. The molecule has 0 saturated carbocycles. The second-order valence-electron chi connectivity index (χ2n) is 6.92. The van der Waals surface area contributed by atoms with Gasteiger partial charge in [-0.1, -0.05) is 64.5 Å². The van der Waals surface area contributed by atoms with E-state index in [9.17, 15) is 4.79 Å². The molecule has 1 aliphatic rings. The summed E-state index contributed by atoms with van der Waals surface area (Å²) in [6, 6.07) is 24.5. The molecule has 5 rings (SSSR count). The SMILES string of the molecule is O=C1Nc2ccccc2/C1=C/c1cn(Cc2ccccc2)c2ccc(Br)cc12. The summed E-state index contributed by atoms with van der Waals surface area (Å²) < 4.78 is 3.26. The first-order valence-electron chi connectivity index (χ1n) is 9.14. The van der Waals surface area contributed by atoms with Gasteiger partial charge in [0.2, 0.25) is 0 Å². The predicted molar refractivity (Wildman–Crippen MR) is 118 cm³/mol. The Hall–Kier alpha value is -3.11. The second-order valence-corrected chi connectivity index (χ2v) is 7.83. The number of hydrogen-bond donors (Lipinski definition) is 1. The third-order valence-electron chi connectivity index (χ3n) is 5.08. The van der Waals surface area contributed by atoms with E-state index < -0.39 is 0 Å². The number of carbonyl (C=O) groups is 1. The first kappa shape index (κ1) is 17.0. The summed E-state index contributed by atoms with van der Waals surface area (Å²) in [6.07, 6.45) is 4.13. The van der Waals surface area contributed by atoms with Crippen LogP contribution in [0.25, 0.3) is 22.6 Å². The van der Waals surface area contributed by atoms with Gasteiger partial charge < -0.3 is 9.88 Å². The van der Waals surface area contributed by atoms with Gasteiger partial charge in [-0.25, -0.2) is 0 Å². The maximum Gasteiger partial charge on any atom is 0.256 e. The van der Waals surface area contributed by atoms with Crippen molar-refractivity contribution in [1.29, 1.82) is 0 Å². The van der Waals surface area contributed by atoms with Crippen LogP contribution in [0, 0.1) is 0 Å². The van der Waals surface area contributed by atoms with E-state index in [-0.39, 0.29) is 5.91 Å². The van der Waals surface area contributed by atoms with Crippen molar-refractivity contribution in [3.8, 4) is 0 Å². The summed E-state index contributed by atoms with van der Waals surface area (Å²) in [5, 5.41) is 4.07. The van der Waals surface area contributed by atoms with Crippen molar-refractivity contribution in [3.05, 3.63) is 100 Å². The first-order valence-corrected chi connectivity index (χ1v) is 9.93. The van der Waals surface area contributed by atoms with Gasteiger partial charge in [0.05, 0.1) is 0 Å². The minimum absolute atomic E-state index is 0.0554. The van der Waals surface area contributed by atoms with E-state index in [1.165, 1.54) is 5.56 Å². The monoisotopic (exact) mass is 428 g/mol. The fourth-order valence-corrected chi connectivity index (χ4v) is 4.12. The lowest BCUT2D eigenvalue weighted by atomic mass is 10.0. The Morgan fingerprint density at radius 2 is 1.75 bits per heavy atom. The summed E-state index contributed by atoms with van der Waals surface area (Å²) >= 11 is 3.58. The Morgan fingerprint density at radius 3 is 2.61 bits per heavy atom. The number of hydrogen-bond acceptors (Lipinski definition) is 1. The van der Waals surface area contributed by atoms with E-state index in [1.54, 1.807) is 0 Å². The lowest BCUT2D eigenvalue weighted by Crippen LogP contribution is -2.03. The van der Waals surface area contributed by atoms with Crippen molar-refractivity contribution in [3.63, 3.8) is 0 Å². The van der Waals surface area contributed by atoms with E-state index in [0.29, 0.717) is 5.57 Å². The third-order valence-corrected chi connectivity index (χ3v) is 5.57. The topological polar surface area (TPSA) is 34.0 Å². The van der Waals surface area contributed by atoms with Gasteiger partial charge in [0.15, 0.2) is 0 Å². The van der Waals surface area contributed by atoms with Crippen molar-refractivity contribution >= 4 is 50.1 Å². The van der Waals surface area contributed by atoms with Crippen LogP contribution in [0.15, 0.2) is 83.5 Å². The molecular weight excluding hydrogens is 412 g/mol. The van der Waals surface area contributed by atoms with E-state index in [0.717, 1.165) is 38.7 Å². The number of anilines is 1. The minimum atomic E-state index is -0.0554. The van der Waals surface area contributed by atoms with Crippen LogP contribution in [0.2, 0.25) is 0 Å². The number of para-hydroxylation sites is 1. The van der Waals surface area contributed by atoms with E-state index in [4.69, 9.17) is 0 Å². The number of amides is 1. The molecule has 4 heteroatoms. The highest BCUT2D eigenvalue weighted by atomic mass is 79.9. The van der Waals surface area contributed by atoms with Gasteiger partial charge in [0.1, 0.15) is 0 Å². The molecule has 1 amide bonds. The normalized spacial score (nSPS) is 14.5.